The average molecular weight is 490 g/mol. The second-order valence-electron chi connectivity index (χ2n) is 6.85. The Morgan fingerprint density at radius 1 is 0.903 bits per heavy atom. The lowest BCUT2D eigenvalue weighted by molar-refractivity contribution is -0.147. The number of hydrazine groups is 1. The molecule has 31 heavy (non-hydrogen) atoms. The van der Waals surface area contributed by atoms with Crippen LogP contribution in [0, 0.1) is 13.8 Å². The predicted molar refractivity (Wildman–Crippen MR) is 119 cm³/mol. The number of amides is 3. The smallest absolute Gasteiger partial charge is 0.306 e. The second kappa shape index (κ2) is 11.8. The second-order valence-corrected chi connectivity index (χ2v) is 7.65. The normalized spacial score (nSPS) is 10.2. The first-order chi connectivity index (χ1) is 14.8. The van der Waals surface area contributed by atoms with Crippen LogP contribution in [0.2, 0.25) is 0 Å². The molecule has 0 aromatic heterocycles. The third-order valence-corrected chi connectivity index (χ3v) is 5.47. The number of rotatable bonds is 8. The van der Waals surface area contributed by atoms with Crippen LogP contribution < -0.4 is 16.2 Å². The standard InChI is InChI=1S/C22H24BrN3O5/c1-14-11-17(12-15(2)21(14)23)24-19(28)13-31-20(29)10-6-9-18(27)25-26-22(30)16-7-4-3-5-8-16/h3-5,7-8,11-12H,6,9-10,13H2,1-2H3,(H,24,28)(H,25,27)(H,26,30). The Balaban J connectivity index is 1.62. The van der Waals surface area contributed by atoms with Gasteiger partial charge in [-0.05, 0) is 55.7 Å². The van der Waals surface area contributed by atoms with E-state index in [9.17, 15) is 19.2 Å². The van der Waals surface area contributed by atoms with Crippen molar-refractivity contribution in [3.05, 3.63) is 63.6 Å². The number of nitrogens with one attached hydrogen (secondary N) is 3. The van der Waals surface area contributed by atoms with Crippen molar-refractivity contribution >= 4 is 45.3 Å². The molecule has 0 aliphatic rings. The fourth-order valence-corrected chi connectivity index (χ4v) is 2.91. The Labute approximate surface area is 188 Å². The van der Waals surface area contributed by atoms with Crippen LogP contribution in [0.4, 0.5) is 5.69 Å². The number of hydrogen-bond acceptors (Lipinski definition) is 5. The third kappa shape index (κ3) is 8.21. The summed E-state index contributed by atoms with van der Waals surface area (Å²) >= 11 is 3.46. The maximum absolute atomic E-state index is 12.0. The van der Waals surface area contributed by atoms with E-state index in [4.69, 9.17) is 4.74 Å². The highest BCUT2D eigenvalue weighted by Gasteiger charge is 2.11. The molecule has 0 unspecified atom stereocenters. The fraction of sp³-hybridized carbons (Fsp3) is 0.273. The minimum Gasteiger partial charge on any atom is -0.456 e. The van der Waals surface area contributed by atoms with Crippen LogP contribution in [0.1, 0.15) is 40.7 Å². The summed E-state index contributed by atoms with van der Waals surface area (Å²) in [5.74, 6) is -1.90. The molecule has 0 aliphatic carbocycles. The van der Waals surface area contributed by atoms with Crippen molar-refractivity contribution in [2.75, 3.05) is 11.9 Å². The van der Waals surface area contributed by atoms with E-state index >= 15 is 0 Å². The van der Waals surface area contributed by atoms with Crippen molar-refractivity contribution in [2.24, 2.45) is 0 Å². The van der Waals surface area contributed by atoms with Crippen molar-refractivity contribution in [2.45, 2.75) is 33.1 Å². The van der Waals surface area contributed by atoms with Gasteiger partial charge in [-0.25, -0.2) is 0 Å². The molecule has 8 nitrogen and oxygen atoms in total. The molecule has 164 valence electrons. The van der Waals surface area contributed by atoms with Gasteiger partial charge in [0.25, 0.3) is 11.8 Å². The Morgan fingerprint density at radius 3 is 2.19 bits per heavy atom. The molecule has 3 N–H and O–H groups in total. The molecule has 2 aromatic rings. The van der Waals surface area contributed by atoms with Crippen LogP contribution >= 0.6 is 15.9 Å². The first-order valence-electron chi connectivity index (χ1n) is 9.62. The van der Waals surface area contributed by atoms with Gasteiger partial charge in [0.15, 0.2) is 6.61 Å². The van der Waals surface area contributed by atoms with Gasteiger partial charge in [0.2, 0.25) is 5.91 Å². The van der Waals surface area contributed by atoms with Crippen LogP contribution in [0.25, 0.3) is 0 Å². The van der Waals surface area contributed by atoms with E-state index in [1.54, 1.807) is 30.3 Å². The molecular formula is C22H24BrN3O5. The van der Waals surface area contributed by atoms with Gasteiger partial charge >= 0.3 is 5.97 Å². The van der Waals surface area contributed by atoms with Gasteiger partial charge in [0.05, 0.1) is 0 Å². The Bertz CT molecular complexity index is 940. The predicted octanol–water partition coefficient (Wildman–Crippen LogP) is 3.18. The van der Waals surface area contributed by atoms with Gasteiger partial charge in [0, 0.05) is 28.6 Å². The lowest BCUT2D eigenvalue weighted by Gasteiger charge is -2.10. The monoisotopic (exact) mass is 489 g/mol. The average Bonchev–Trinajstić information content (AvgIpc) is 2.75. The molecule has 0 aliphatic heterocycles. The maximum atomic E-state index is 12.0. The van der Waals surface area contributed by atoms with Gasteiger partial charge in [-0.1, -0.05) is 34.1 Å². The fourth-order valence-electron chi connectivity index (χ4n) is 2.68. The zero-order valence-corrected chi connectivity index (χ0v) is 18.9. The molecular weight excluding hydrogens is 466 g/mol. The van der Waals surface area contributed by atoms with Crippen LogP contribution in [-0.4, -0.2) is 30.3 Å². The van der Waals surface area contributed by atoms with E-state index in [2.05, 4.69) is 32.1 Å². The Morgan fingerprint density at radius 2 is 1.55 bits per heavy atom. The number of aryl methyl sites for hydroxylation is 2. The minimum atomic E-state index is -0.584. The number of hydrogen-bond donors (Lipinski definition) is 3. The van der Waals surface area contributed by atoms with Gasteiger partial charge < -0.3 is 10.1 Å². The first kappa shape index (κ1) is 24.1. The summed E-state index contributed by atoms with van der Waals surface area (Å²) in [6, 6.07) is 12.1. The van der Waals surface area contributed by atoms with Crippen molar-refractivity contribution < 1.29 is 23.9 Å². The lowest BCUT2D eigenvalue weighted by Crippen LogP contribution is -2.41. The van der Waals surface area contributed by atoms with E-state index in [0.717, 1.165) is 15.6 Å². The molecule has 0 spiro atoms. The number of carbonyl (C=O) groups excluding carboxylic acids is 4. The van der Waals surface area contributed by atoms with Gasteiger partial charge in [0.1, 0.15) is 0 Å². The molecule has 0 heterocycles. The van der Waals surface area contributed by atoms with E-state index in [1.165, 1.54) is 0 Å². The summed E-state index contributed by atoms with van der Waals surface area (Å²) in [6.45, 7) is 3.42. The Kier molecular flexibility index (Phi) is 9.20. The third-order valence-electron chi connectivity index (χ3n) is 4.22. The Hall–Kier alpha value is -3.20. The highest BCUT2D eigenvalue weighted by Crippen LogP contribution is 2.24. The zero-order chi connectivity index (χ0) is 22.8. The van der Waals surface area contributed by atoms with Gasteiger partial charge in [-0.2, -0.15) is 0 Å². The van der Waals surface area contributed by atoms with Gasteiger partial charge in [-0.3, -0.25) is 30.0 Å². The van der Waals surface area contributed by atoms with Crippen molar-refractivity contribution in [1.82, 2.24) is 10.9 Å². The molecule has 2 aromatic carbocycles. The molecule has 0 fully saturated rings. The molecule has 9 heteroatoms. The summed E-state index contributed by atoms with van der Waals surface area (Å²) < 4.78 is 5.91. The van der Waals surface area contributed by atoms with Crippen LogP contribution in [-0.2, 0) is 19.1 Å². The summed E-state index contributed by atoms with van der Waals surface area (Å²) in [4.78, 5) is 47.3. The molecule has 0 bridgehead atoms. The minimum absolute atomic E-state index is 0.0216. The molecule has 3 amide bonds. The summed E-state index contributed by atoms with van der Waals surface area (Å²) in [5.41, 5.74) is 7.58. The van der Waals surface area contributed by atoms with Crippen LogP contribution in [0.15, 0.2) is 46.9 Å². The van der Waals surface area contributed by atoms with Crippen LogP contribution in [0.3, 0.4) is 0 Å². The van der Waals surface area contributed by atoms with Crippen molar-refractivity contribution in [1.29, 1.82) is 0 Å². The van der Waals surface area contributed by atoms with E-state index in [1.807, 2.05) is 26.0 Å². The number of benzene rings is 2. The number of carbonyl (C=O) groups is 4. The molecule has 2 rings (SSSR count). The number of ether oxygens (including phenoxy) is 1. The maximum Gasteiger partial charge on any atom is 0.306 e. The highest BCUT2D eigenvalue weighted by molar-refractivity contribution is 9.10. The topological polar surface area (TPSA) is 114 Å². The lowest BCUT2D eigenvalue weighted by atomic mass is 10.1. The summed E-state index contributed by atoms with van der Waals surface area (Å²) in [7, 11) is 0. The molecule has 0 saturated heterocycles. The highest BCUT2D eigenvalue weighted by atomic mass is 79.9. The van der Waals surface area contributed by atoms with E-state index in [0.29, 0.717) is 11.3 Å². The summed E-state index contributed by atoms with van der Waals surface area (Å²) in [5, 5.41) is 2.68. The number of halogens is 1. The quantitative estimate of drug-likeness (QED) is 0.389. The van der Waals surface area contributed by atoms with Gasteiger partial charge in [-0.15, -0.1) is 0 Å². The zero-order valence-electron chi connectivity index (χ0n) is 17.3. The van der Waals surface area contributed by atoms with Crippen molar-refractivity contribution in [3.63, 3.8) is 0 Å². The van der Waals surface area contributed by atoms with E-state index in [-0.39, 0.29) is 19.3 Å². The van der Waals surface area contributed by atoms with Crippen LogP contribution in [0.5, 0.6) is 0 Å². The summed E-state index contributed by atoms with van der Waals surface area (Å²) in [6.07, 6.45) is 0.218. The SMILES string of the molecule is Cc1cc(NC(=O)COC(=O)CCCC(=O)NNC(=O)c2ccccc2)cc(C)c1Br. The largest absolute Gasteiger partial charge is 0.456 e. The molecule has 0 radical (unpaired) electrons. The van der Waals surface area contributed by atoms with Crippen molar-refractivity contribution in [3.8, 4) is 0 Å². The number of anilines is 1. The first-order valence-corrected chi connectivity index (χ1v) is 10.4. The van der Waals surface area contributed by atoms with E-state index < -0.39 is 30.3 Å². The number of esters is 1. The molecule has 0 atom stereocenters. The molecule has 0 saturated carbocycles.